The van der Waals surface area contributed by atoms with Crippen LogP contribution in [-0.2, 0) is 16.0 Å². The summed E-state index contributed by atoms with van der Waals surface area (Å²) in [6.07, 6.45) is 1.29. The van der Waals surface area contributed by atoms with Gasteiger partial charge < -0.3 is 9.84 Å². The molecule has 0 aliphatic rings. The van der Waals surface area contributed by atoms with Gasteiger partial charge in [0.25, 0.3) is 0 Å². The molecular weight excluding hydrogens is 248 g/mol. The fourth-order valence-electron chi connectivity index (χ4n) is 1.35. The van der Waals surface area contributed by atoms with Crippen LogP contribution in [0.1, 0.15) is 32.9 Å². The number of amides is 1. The maximum atomic E-state index is 11.6. The van der Waals surface area contributed by atoms with Crippen molar-refractivity contribution < 1.29 is 19.4 Å². The van der Waals surface area contributed by atoms with E-state index in [4.69, 9.17) is 9.84 Å². The fourth-order valence-corrected chi connectivity index (χ4v) is 1.35. The molecule has 0 saturated heterocycles. The molecule has 1 heterocycles. The van der Waals surface area contributed by atoms with Crippen molar-refractivity contribution in [3.63, 3.8) is 0 Å². The van der Waals surface area contributed by atoms with Crippen LogP contribution in [0.5, 0.6) is 0 Å². The molecule has 1 aromatic heterocycles. The van der Waals surface area contributed by atoms with Crippen LogP contribution in [0.25, 0.3) is 0 Å². The Morgan fingerprint density at radius 3 is 2.68 bits per heavy atom. The van der Waals surface area contributed by atoms with Gasteiger partial charge in [0.15, 0.2) is 0 Å². The molecule has 0 aliphatic heterocycles. The minimum Gasteiger partial charge on any atom is -0.481 e. The van der Waals surface area contributed by atoms with Crippen LogP contribution in [0.3, 0.4) is 0 Å². The number of carboxylic acids is 1. The third-order valence-electron chi connectivity index (χ3n) is 2.06. The van der Waals surface area contributed by atoms with Crippen molar-refractivity contribution >= 4 is 17.7 Å². The van der Waals surface area contributed by atoms with Crippen molar-refractivity contribution in [2.24, 2.45) is 0 Å². The first-order valence-corrected chi connectivity index (χ1v) is 5.93. The van der Waals surface area contributed by atoms with Crippen molar-refractivity contribution in [3.8, 4) is 0 Å². The molecule has 6 heteroatoms. The molecule has 6 nitrogen and oxygen atoms in total. The van der Waals surface area contributed by atoms with E-state index in [0.29, 0.717) is 17.8 Å². The number of carboxylic acid groups (broad SMARTS) is 1. The molecule has 0 bridgehead atoms. The van der Waals surface area contributed by atoms with E-state index in [2.05, 4.69) is 10.3 Å². The largest absolute Gasteiger partial charge is 0.481 e. The maximum absolute atomic E-state index is 11.6. The zero-order chi connectivity index (χ0) is 14.5. The second kappa shape index (κ2) is 6.17. The molecule has 0 fully saturated rings. The van der Waals surface area contributed by atoms with Gasteiger partial charge in [-0.1, -0.05) is 0 Å². The normalized spacial score (nSPS) is 10.9. The molecule has 0 saturated carbocycles. The standard InChI is InChI=1S/C13H18N2O4/c1-13(2,3)19-12(18)15-10-6-7-14-9(8-10)4-5-11(16)17/h6-8H,4-5H2,1-3H3,(H,16,17)(H,14,15,18). The van der Waals surface area contributed by atoms with E-state index in [0.717, 1.165) is 0 Å². The Balaban J connectivity index is 2.61. The van der Waals surface area contributed by atoms with Crippen molar-refractivity contribution in [1.29, 1.82) is 0 Å². The Hall–Kier alpha value is -2.11. The highest BCUT2D eigenvalue weighted by atomic mass is 16.6. The minimum atomic E-state index is -0.882. The van der Waals surface area contributed by atoms with Crippen LogP contribution in [0, 0.1) is 0 Å². The summed E-state index contributed by atoms with van der Waals surface area (Å²) in [5.41, 5.74) is 0.573. The van der Waals surface area contributed by atoms with E-state index in [9.17, 15) is 9.59 Å². The van der Waals surface area contributed by atoms with Crippen LogP contribution in [-0.4, -0.2) is 27.8 Å². The summed E-state index contributed by atoms with van der Waals surface area (Å²) < 4.78 is 5.12. The number of nitrogens with one attached hydrogen (secondary N) is 1. The number of nitrogens with zero attached hydrogens (tertiary/aromatic N) is 1. The Morgan fingerprint density at radius 1 is 1.42 bits per heavy atom. The number of carbonyl (C=O) groups is 2. The SMILES string of the molecule is CC(C)(C)OC(=O)Nc1ccnc(CCC(=O)O)c1. The highest BCUT2D eigenvalue weighted by Gasteiger charge is 2.16. The second-order valence-corrected chi connectivity index (χ2v) is 5.06. The second-order valence-electron chi connectivity index (χ2n) is 5.06. The summed E-state index contributed by atoms with van der Waals surface area (Å²) in [6, 6.07) is 3.25. The van der Waals surface area contributed by atoms with Gasteiger partial charge in [0.2, 0.25) is 0 Å². The fraction of sp³-hybridized carbons (Fsp3) is 0.462. The van der Waals surface area contributed by atoms with Gasteiger partial charge >= 0.3 is 12.1 Å². The first kappa shape index (κ1) is 14.9. The summed E-state index contributed by atoms with van der Waals surface area (Å²) in [7, 11) is 0. The number of ether oxygens (including phenoxy) is 1. The molecule has 1 aromatic rings. The van der Waals surface area contributed by atoms with Crippen molar-refractivity contribution in [1.82, 2.24) is 4.98 Å². The lowest BCUT2D eigenvalue weighted by Gasteiger charge is -2.19. The van der Waals surface area contributed by atoms with Gasteiger partial charge in [0.05, 0.1) is 6.42 Å². The van der Waals surface area contributed by atoms with Gasteiger partial charge in [-0.15, -0.1) is 0 Å². The van der Waals surface area contributed by atoms with Crippen LogP contribution in [0.4, 0.5) is 10.5 Å². The van der Waals surface area contributed by atoms with Crippen LogP contribution >= 0.6 is 0 Å². The summed E-state index contributed by atoms with van der Waals surface area (Å²) >= 11 is 0. The van der Waals surface area contributed by atoms with Crippen LogP contribution < -0.4 is 5.32 Å². The number of aryl methyl sites for hydroxylation is 1. The van der Waals surface area contributed by atoms with E-state index in [1.165, 1.54) is 6.20 Å². The Bertz CT molecular complexity index is 466. The number of aromatic nitrogens is 1. The van der Waals surface area contributed by atoms with Crippen molar-refractivity contribution in [2.45, 2.75) is 39.2 Å². The van der Waals surface area contributed by atoms with Crippen molar-refractivity contribution in [3.05, 3.63) is 24.0 Å². The topological polar surface area (TPSA) is 88.5 Å². The van der Waals surface area contributed by atoms with E-state index >= 15 is 0 Å². The molecule has 0 aromatic carbocycles. The first-order valence-electron chi connectivity index (χ1n) is 5.93. The molecule has 0 radical (unpaired) electrons. The molecule has 0 aliphatic carbocycles. The van der Waals surface area contributed by atoms with E-state index in [-0.39, 0.29) is 6.42 Å². The lowest BCUT2D eigenvalue weighted by atomic mass is 10.2. The number of hydrogen-bond donors (Lipinski definition) is 2. The third-order valence-corrected chi connectivity index (χ3v) is 2.06. The number of rotatable bonds is 4. The number of anilines is 1. The average molecular weight is 266 g/mol. The van der Waals surface area contributed by atoms with Gasteiger partial charge in [-0.3, -0.25) is 15.1 Å². The van der Waals surface area contributed by atoms with Crippen LogP contribution in [0.15, 0.2) is 18.3 Å². The average Bonchev–Trinajstić information content (AvgIpc) is 2.24. The smallest absolute Gasteiger partial charge is 0.412 e. The van der Waals surface area contributed by atoms with Gasteiger partial charge in [-0.05, 0) is 32.9 Å². The molecule has 0 atom stereocenters. The van der Waals surface area contributed by atoms with Gasteiger partial charge in [-0.25, -0.2) is 4.79 Å². The van der Waals surface area contributed by atoms with E-state index in [1.54, 1.807) is 32.9 Å². The highest BCUT2D eigenvalue weighted by molar-refractivity contribution is 5.84. The third kappa shape index (κ3) is 6.40. The van der Waals surface area contributed by atoms with Crippen LogP contribution in [0.2, 0.25) is 0 Å². The molecule has 104 valence electrons. The summed E-state index contributed by atoms with van der Waals surface area (Å²) in [5.74, 6) is -0.882. The van der Waals surface area contributed by atoms with Crippen molar-refractivity contribution in [2.75, 3.05) is 5.32 Å². The Morgan fingerprint density at radius 2 is 2.11 bits per heavy atom. The van der Waals surface area contributed by atoms with Gasteiger partial charge in [0.1, 0.15) is 5.60 Å². The number of pyridine rings is 1. The zero-order valence-corrected chi connectivity index (χ0v) is 11.3. The predicted octanol–water partition coefficient (Wildman–Crippen LogP) is 2.45. The summed E-state index contributed by atoms with van der Waals surface area (Å²) in [4.78, 5) is 26.1. The molecule has 2 N–H and O–H groups in total. The summed E-state index contributed by atoms with van der Waals surface area (Å²) in [6.45, 7) is 5.33. The molecule has 0 spiro atoms. The minimum absolute atomic E-state index is 0.00287. The molecule has 0 unspecified atom stereocenters. The number of hydrogen-bond acceptors (Lipinski definition) is 4. The summed E-state index contributed by atoms with van der Waals surface area (Å²) in [5, 5.41) is 11.2. The lowest BCUT2D eigenvalue weighted by molar-refractivity contribution is -0.136. The molecule has 19 heavy (non-hydrogen) atoms. The molecule has 1 rings (SSSR count). The van der Waals surface area contributed by atoms with E-state index in [1.807, 2.05) is 0 Å². The Labute approximate surface area is 111 Å². The molecular formula is C13H18N2O4. The molecule has 1 amide bonds. The van der Waals surface area contributed by atoms with Gasteiger partial charge in [-0.2, -0.15) is 0 Å². The van der Waals surface area contributed by atoms with Gasteiger partial charge in [0, 0.05) is 24.0 Å². The monoisotopic (exact) mass is 266 g/mol. The lowest BCUT2D eigenvalue weighted by Crippen LogP contribution is -2.27. The predicted molar refractivity (Wildman–Crippen MR) is 70.1 cm³/mol. The maximum Gasteiger partial charge on any atom is 0.412 e. The number of carbonyl (C=O) groups excluding carboxylic acids is 1. The Kier molecular flexibility index (Phi) is 4.86. The first-order chi connectivity index (χ1) is 8.76. The van der Waals surface area contributed by atoms with E-state index < -0.39 is 17.7 Å². The zero-order valence-electron chi connectivity index (χ0n) is 11.3. The quantitative estimate of drug-likeness (QED) is 0.873. The highest BCUT2D eigenvalue weighted by Crippen LogP contribution is 2.13. The number of aliphatic carboxylic acids is 1.